The summed E-state index contributed by atoms with van der Waals surface area (Å²) in [6.45, 7) is 8.46. The summed E-state index contributed by atoms with van der Waals surface area (Å²) in [5.41, 5.74) is 0.552. The third-order valence-electron chi connectivity index (χ3n) is 5.02. The number of ether oxygens (including phenoxy) is 1. The van der Waals surface area contributed by atoms with Gasteiger partial charge in [-0.15, -0.1) is 0 Å². The molecule has 2 saturated carbocycles. The molecule has 2 bridgehead atoms. The van der Waals surface area contributed by atoms with Gasteiger partial charge in [0.2, 0.25) is 0 Å². The van der Waals surface area contributed by atoms with Gasteiger partial charge in [-0.2, -0.15) is 0 Å². The maximum atomic E-state index is 11.0. The molecule has 0 unspecified atom stereocenters. The molecule has 0 heterocycles. The third-order valence-corrected chi connectivity index (χ3v) is 5.02. The number of esters is 1. The number of hydrogen-bond donors (Lipinski definition) is 0. The fraction of sp³-hybridized carbons (Fsp3) is 0.917. The highest BCUT2D eigenvalue weighted by molar-refractivity contribution is 5.66. The zero-order chi connectivity index (χ0) is 10.6. The summed E-state index contributed by atoms with van der Waals surface area (Å²) in [7, 11) is 0. The SMILES string of the molecule is CC(=O)O[C@H]1C[C@H]2CC[C@]1(C)C2(C)C. The van der Waals surface area contributed by atoms with Gasteiger partial charge in [0, 0.05) is 12.3 Å². The monoisotopic (exact) mass is 196 g/mol. The molecular formula is C12H20O2. The molecule has 0 aliphatic heterocycles. The van der Waals surface area contributed by atoms with Crippen LogP contribution in [0.4, 0.5) is 0 Å². The van der Waals surface area contributed by atoms with E-state index in [-0.39, 0.29) is 17.5 Å². The quantitative estimate of drug-likeness (QED) is 0.603. The first-order valence-electron chi connectivity index (χ1n) is 5.55. The Morgan fingerprint density at radius 2 is 2.00 bits per heavy atom. The summed E-state index contributed by atoms with van der Waals surface area (Å²) in [4.78, 5) is 11.0. The van der Waals surface area contributed by atoms with Crippen molar-refractivity contribution in [1.29, 1.82) is 0 Å². The van der Waals surface area contributed by atoms with E-state index in [0.29, 0.717) is 5.41 Å². The van der Waals surface area contributed by atoms with Crippen molar-refractivity contribution in [3.63, 3.8) is 0 Å². The van der Waals surface area contributed by atoms with E-state index in [0.717, 1.165) is 12.3 Å². The second-order valence-electron chi connectivity index (χ2n) is 5.71. The minimum Gasteiger partial charge on any atom is -0.462 e. The van der Waals surface area contributed by atoms with Crippen molar-refractivity contribution in [3.8, 4) is 0 Å². The minimum atomic E-state index is -0.125. The van der Waals surface area contributed by atoms with E-state index in [9.17, 15) is 4.79 Å². The normalized spacial score (nSPS) is 44.0. The second-order valence-corrected chi connectivity index (χ2v) is 5.71. The minimum absolute atomic E-state index is 0.125. The number of rotatable bonds is 1. The van der Waals surface area contributed by atoms with Gasteiger partial charge in [-0.05, 0) is 30.6 Å². The molecule has 2 rings (SSSR count). The molecule has 0 spiro atoms. The van der Waals surface area contributed by atoms with Crippen LogP contribution in [0.1, 0.15) is 47.0 Å². The summed E-state index contributed by atoms with van der Waals surface area (Å²) in [5.74, 6) is 0.622. The van der Waals surface area contributed by atoms with E-state index >= 15 is 0 Å². The molecule has 0 aromatic carbocycles. The van der Waals surface area contributed by atoms with E-state index in [2.05, 4.69) is 20.8 Å². The van der Waals surface area contributed by atoms with E-state index in [4.69, 9.17) is 4.74 Å². The molecule has 2 fully saturated rings. The summed E-state index contributed by atoms with van der Waals surface area (Å²) < 4.78 is 5.44. The van der Waals surface area contributed by atoms with Crippen molar-refractivity contribution < 1.29 is 9.53 Å². The smallest absolute Gasteiger partial charge is 0.302 e. The Kier molecular flexibility index (Phi) is 1.96. The van der Waals surface area contributed by atoms with Crippen molar-refractivity contribution in [2.75, 3.05) is 0 Å². The number of fused-ring (bicyclic) bond motifs is 2. The van der Waals surface area contributed by atoms with Gasteiger partial charge in [0.25, 0.3) is 0 Å². The van der Waals surface area contributed by atoms with Crippen molar-refractivity contribution in [1.82, 2.24) is 0 Å². The molecular weight excluding hydrogens is 176 g/mol. The first-order chi connectivity index (χ1) is 6.38. The Morgan fingerprint density at radius 3 is 2.36 bits per heavy atom. The molecule has 80 valence electrons. The molecule has 0 radical (unpaired) electrons. The molecule has 0 amide bonds. The average Bonchev–Trinajstić information content (AvgIpc) is 2.35. The molecule has 2 nitrogen and oxygen atoms in total. The van der Waals surface area contributed by atoms with Gasteiger partial charge in [-0.3, -0.25) is 4.79 Å². The number of hydrogen-bond acceptors (Lipinski definition) is 2. The van der Waals surface area contributed by atoms with Gasteiger partial charge in [-0.25, -0.2) is 0 Å². The molecule has 0 aromatic heterocycles. The highest BCUT2D eigenvalue weighted by Gasteiger charge is 2.62. The van der Waals surface area contributed by atoms with Crippen LogP contribution in [0, 0.1) is 16.7 Å². The zero-order valence-corrected chi connectivity index (χ0v) is 9.59. The summed E-state index contributed by atoms with van der Waals surface area (Å²) in [5, 5.41) is 0. The Balaban J connectivity index is 2.23. The molecule has 2 aliphatic carbocycles. The topological polar surface area (TPSA) is 26.3 Å². The van der Waals surface area contributed by atoms with Crippen LogP contribution in [0.5, 0.6) is 0 Å². The Hall–Kier alpha value is -0.530. The predicted molar refractivity (Wildman–Crippen MR) is 54.8 cm³/mol. The predicted octanol–water partition coefficient (Wildman–Crippen LogP) is 2.76. The van der Waals surface area contributed by atoms with Gasteiger partial charge in [-0.1, -0.05) is 20.8 Å². The van der Waals surface area contributed by atoms with E-state index in [1.54, 1.807) is 0 Å². The van der Waals surface area contributed by atoms with Crippen LogP contribution in [-0.4, -0.2) is 12.1 Å². The number of carbonyl (C=O) groups is 1. The van der Waals surface area contributed by atoms with Crippen LogP contribution in [-0.2, 0) is 9.53 Å². The summed E-state index contributed by atoms with van der Waals surface area (Å²) in [6, 6.07) is 0. The molecule has 2 aliphatic rings. The third kappa shape index (κ3) is 1.06. The molecule has 0 aromatic rings. The lowest BCUT2D eigenvalue weighted by molar-refractivity contribution is -0.154. The second kappa shape index (κ2) is 2.74. The number of carbonyl (C=O) groups excluding carboxylic acids is 1. The standard InChI is InChI=1S/C12H20O2/c1-8(13)14-10-7-9-5-6-12(10,4)11(9,2)3/h9-10H,5-7H2,1-4H3/t9-,10+,12+/m1/s1. The molecule has 3 atom stereocenters. The highest BCUT2D eigenvalue weighted by atomic mass is 16.5. The Labute approximate surface area is 86.0 Å². The summed E-state index contributed by atoms with van der Waals surface area (Å²) in [6.07, 6.45) is 3.75. The van der Waals surface area contributed by atoms with Crippen LogP contribution >= 0.6 is 0 Å². The van der Waals surface area contributed by atoms with Gasteiger partial charge < -0.3 is 4.74 Å². The van der Waals surface area contributed by atoms with Gasteiger partial charge in [0.05, 0.1) is 0 Å². The lowest BCUT2D eigenvalue weighted by Gasteiger charge is -2.38. The van der Waals surface area contributed by atoms with E-state index in [1.807, 2.05) is 0 Å². The lowest BCUT2D eigenvalue weighted by atomic mass is 9.70. The zero-order valence-electron chi connectivity index (χ0n) is 9.59. The van der Waals surface area contributed by atoms with Gasteiger partial charge >= 0.3 is 5.97 Å². The van der Waals surface area contributed by atoms with Crippen molar-refractivity contribution in [2.45, 2.75) is 53.1 Å². The van der Waals surface area contributed by atoms with E-state index in [1.165, 1.54) is 19.8 Å². The van der Waals surface area contributed by atoms with Crippen LogP contribution < -0.4 is 0 Å². The maximum Gasteiger partial charge on any atom is 0.302 e. The fourth-order valence-electron chi connectivity index (χ4n) is 3.51. The van der Waals surface area contributed by atoms with Crippen molar-refractivity contribution in [2.24, 2.45) is 16.7 Å². The van der Waals surface area contributed by atoms with E-state index < -0.39 is 0 Å². The Bertz CT molecular complexity index is 269. The molecule has 14 heavy (non-hydrogen) atoms. The largest absolute Gasteiger partial charge is 0.462 e. The average molecular weight is 196 g/mol. The van der Waals surface area contributed by atoms with Crippen LogP contribution in [0.3, 0.4) is 0 Å². The van der Waals surface area contributed by atoms with Gasteiger partial charge in [0.1, 0.15) is 6.10 Å². The van der Waals surface area contributed by atoms with Crippen molar-refractivity contribution >= 4 is 5.97 Å². The molecule has 0 N–H and O–H groups in total. The Morgan fingerprint density at radius 1 is 1.36 bits per heavy atom. The maximum absolute atomic E-state index is 11.0. The fourth-order valence-corrected chi connectivity index (χ4v) is 3.51. The molecule has 0 saturated heterocycles. The van der Waals surface area contributed by atoms with Crippen LogP contribution in [0.25, 0.3) is 0 Å². The first-order valence-corrected chi connectivity index (χ1v) is 5.55. The van der Waals surface area contributed by atoms with Crippen molar-refractivity contribution in [3.05, 3.63) is 0 Å². The molecule has 2 heteroatoms. The highest BCUT2D eigenvalue weighted by Crippen LogP contribution is 2.66. The first kappa shape index (κ1) is 10.0. The lowest BCUT2D eigenvalue weighted by Crippen LogP contribution is -2.37. The van der Waals surface area contributed by atoms with Gasteiger partial charge in [0.15, 0.2) is 0 Å². The van der Waals surface area contributed by atoms with Crippen LogP contribution in [0.15, 0.2) is 0 Å². The van der Waals surface area contributed by atoms with Crippen LogP contribution in [0.2, 0.25) is 0 Å². The summed E-state index contributed by atoms with van der Waals surface area (Å²) >= 11 is 0.